The van der Waals surface area contributed by atoms with E-state index in [0.717, 1.165) is 0 Å². The second kappa shape index (κ2) is 5.53. The third kappa shape index (κ3) is 3.89. The summed E-state index contributed by atoms with van der Waals surface area (Å²) in [5.74, 6) is -2.31. The first kappa shape index (κ1) is 11.9. The molecule has 0 aliphatic heterocycles. The molecular weight excluding hydrogens is 174 g/mol. The number of hydrogen-bond donors (Lipinski definition) is 1. The molecule has 0 saturated heterocycles. The van der Waals surface area contributed by atoms with Crippen LogP contribution in [0.3, 0.4) is 0 Å². The highest BCUT2D eigenvalue weighted by Gasteiger charge is 2.22. The lowest BCUT2D eigenvalue weighted by Crippen LogP contribution is -2.43. The summed E-state index contributed by atoms with van der Waals surface area (Å²) >= 11 is 0. The van der Waals surface area contributed by atoms with E-state index in [1.807, 2.05) is 0 Å². The molecule has 0 spiro atoms. The maximum Gasteiger partial charge on any atom is 0.394 e. The van der Waals surface area contributed by atoms with Crippen molar-refractivity contribution in [1.29, 1.82) is 0 Å². The van der Waals surface area contributed by atoms with E-state index in [0.29, 0.717) is 13.2 Å². The molecule has 0 aromatic carbocycles. The molecule has 0 aromatic rings. The number of methoxy groups -OCH3 is 1. The van der Waals surface area contributed by atoms with Crippen molar-refractivity contribution in [2.45, 2.75) is 19.9 Å². The van der Waals surface area contributed by atoms with Crippen LogP contribution < -0.4 is 0 Å². The second-order valence-electron chi connectivity index (χ2n) is 2.89. The smallest absolute Gasteiger partial charge is 0.394 e. The van der Waals surface area contributed by atoms with Crippen LogP contribution in [0.15, 0.2) is 0 Å². The number of carbonyl (C=O) groups is 2. The highest BCUT2D eigenvalue weighted by atomic mass is 16.5. The van der Waals surface area contributed by atoms with Crippen molar-refractivity contribution in [2.75, 3.05) is 20.3 Å². The van der Waals surface area contributed by atoms with Crippen LogP contribution in [0, 0.1) is 0 Å². The molecule has 5 nitrogen and oxygen atoms in total. The number of nitrogens with zero attached hydrogens (tertiary/aromatic N) is 1. The van der Waals surface area contributed by atoms with Crippen LogP contribution in [0.2, 0.25) is 0 Å². The zero-order valence-corrected chi connectivity index (χ0v) is 8.11. The van der Waals surface area contributed by atoms with Gasteiger partial charge in [-0.25, -0.2) is 4.79 Å². The second-order valence-corrected chi connectivity index (χ2v) is 2.89. The largest absolute Gasteiger partial charge is 0.474 e. The Balaban J connectivity index is 4.24. The minimum Gasteiger partial charge on any atom is -0.474 e. The Hall–Kier alpha value is -1.10. The molecule has 0 radical (unpaired) electrons. The molecule has 0 aliphatic rings. The van der Waals surface area contributed by atoms with Crippen molar-refractivity contribution in [2.24, 2.45) is 0 Å². The number of carboxylic acids is 1. The number of ether oxygens (including phenoxy) is 1. The lowest BCUT2D eigenvalue weighted by molar-refractivity contribution is -0.157. The van der Waals surface area contributed by atoms with Gasteiger partial charge in [-0.3, -0.25) is 4.79 Å². The van der Waals surface area contributed by atoms with Crippen molar-refractivity contribution in [3.8, 4) is 0 Å². The van der Waals surface area contributed by atoms with E-state index in [4.69, 9.17) is 9.84 Å². The van der Waals surface area contributed by atoms with Gasteiger partial charge in [-0.05, 0) is 13.8 Å². The van der Waals surface area contributed by atoms with Crippen LogP contribution >= 0.6 is 0 Å². The van der Waals surface area contributed by atoms with Gasteiger partial charge in [0.25, 0.3) is 0 Å². The van der Waals surface area contributed by atoms with E-state index in [-0.39, 0.29) is 6.04 Å². The van der Waals surface area contributed by atoms with E-state index >= 15 is 0 Å². The molecule has 13 heavy (non-hydrogen) atoms. The SMILES string of the molecule is COCCN(C(=O)C(=O)O)C(C)C. The Morgan fingerprint density at radius 2 is 2.00 bits per heavy atom. The van der Waals surface area contributed by atoms with Crippen molar-refractivity contribution in [1.82, 2.24) is 4.90 Å². The summed E-state index contributed by atoms with van der Waals surface area (Å²) in [4.78, 5) is 22.7. The van der Waals surface area contributed by atoms with Gasteiger partial charge in [0.05, 0.1) is 6.61 Å². The monoisotopic (exact) mass is 189 g/mol. The van der Waals surface area contributed by atoms with Crippen LogP contribution in [0.1, 0.15) is 13.8 Å². The van der Waals surface area contributed by atoms with Gasteiger partial charge < -0.3 is 14.7 Å². The van der Waals surface area contributed by atoms with E-state index in [1.54, 1.807) is 13.8 Å². The molecule has 0 rings (SSSR count). The maximum atomic E-state index is 11.1. The van der Waals surface area contributed by atoms with E-state index in [2.05, 4.69) is 0 Å². The predicted molar refractivity (Wildman–Crippen MR) is 46.4 cm³/mol. The quantitative estimate of drug-likeness (QED) is 0.630. The molecule has 0 heterocycles. The van der Waals surface area contributed by atoms with Gasteiger partial charge in [0.1, 0.15) is 0 Å². The third-order valence-corrected chi connectivity index (χ3v) is 1.60. The summed E-state index contributed by atoms with van der Waals surface area (Å²) < 4.78 is 4.77. The summed E-state index contributed by atoms with van der Waals surface area (Å²) in [6.45, 7) is 4.17. The van der Waals surface area contributed by atoms with Gasteiger partial charge in [0.15, 0.2) is 0 Å². The maximum absolute atomic E-state index is 11.1. The standard InChI is InChI=1S/C8H15NO4/c1-6(2)9(4-5-13-3)7(10)8(11)12/h6H,4-5H2,1-3H3,(H,11,12). The van der Waals surface area contributed by atoms with Crippen molar-refractivity contribution in [3.05, 3.63) is 0 Å². The van der Waals surface area contributed by atoms with Crippen LogP contribution in [0.25, 0.3) is 0 Å². The molecule has 0 unspecified atom stereocenters. The molecule has 76 valence electrons. The minimum atomic E-state index is -1.43. The number of hydrogen-bond acceptors (Lipinski definition) is 3. The molecule has 0 bridgehead atoms. The molecule has 5 heteroatoms. The molecule has 1 N–H and O–H groups in total. The van der Waals surface area contributed by atoms with Crippen LogP contribution in [0.4, 0.5) is 0 Å². The molecule has 0 aromatic heterocycles. The Kier molecular flexibility index (Phi) is 5.06. The molecule has 0 saturated carbocycles. The number of rotatable bonds is 4. The summed E-state index contributed by atoms with van der Waals surface area (Å²) in [5.41, 5.74) is 0. The highest BCUT2D eigenvalue weighted by molar-refractivity contribution is 6.31. The van der Waals surface area contributed by atoms with Crippen molar-refractivity contribution < 1.29 is 19.4 Å². The Bertz CT molecular complexity index is 191. The summed E-state index contributed by atoms with van der Waals surface area (Å²) in [6.07, 6.45) is 0. The van der Waals surface area contributed by atoms with Gasteiger partial charge in [-0.2, -0.15) is 0 Å². The zero-order valence-electron chi connectivity index (χ0n) is 8.11. The first-order chi connectivity index (χ1) is 6.00. The summed E-state index contributed by atoms with van der Waals surface area (Å²) in [5, 5.41) is 8.47. The number of carbonyl (C=O) groups excluding carboxylic acids is 1. The molecule has 0 atom stereocenters. The van der Waals surface area contributed by atoms with Crippen LogP contribution in [-0.4, -0.2) is 48.2 Å². The van der Waals surface area contributed by atoms with Gasteiger partial charge in [-0.15, -0.1) is 0 Å². The van der Waals surface area contributed by atoms with Crippen LogP contribution in [0.5, 0.6) is 0 Å². The van der Waals surface area contributed by atoms with Gasteiger partial charge >= 0.3 is 11.9 Å². The van der Waals surface area contributed by atoms with E-state index in [1.165, 1.54) is 12.0 Å². The Labute approximate surface area is 77.3 Å². The average Bonchev–Trinajstić information content (AvgIpc) is 2.04. The number of amides is 1. The first-order valence-electron chi connectivity index (χ1n) is 4.03. The van der Waals surface area contributed by atoms with Crippen molar-refractivity contribution in [3.63, 3.8) is 0 Å². The molecule has 0 aliphatic carbocycles. The Morgan fingerprint density at radius 3 is 2.31 bits per heavy atom. The number of aliphatic carboxylic acids is 1. The van der Waals surface area contributed by atoms with Crippen LogP contribution in [-0.2, 0) is 14.3 Å². The lowest BCUT2D eigenvalue weighted by Gasteiger charge is -2.24. The first-order valence-corrected chi connectivity index (χ1v) is 4.03. The van der Waals surface area contributed by atoms with Gasteiger partial charge in [0.2, 0.25) is 0 Å². The fourth-order valence-electron chi connectivity index (χ4n) is 0.907. The normalized spacial score (nSPS) is 10.2. The molecular formula is C8H15NO4. The lowest BCUT2D eigenvalue weighted by atomic mass is 10.3. The minimum absolute atomic E-state index is 0.126. The Morgan fingerprint density at radius 1 is 1.46 bits per heavy atom. The summed E-state index contributed by atoms with van der Waals surface area (Å²) in [6, 6.07) is -0.126. The van der Waals surface area contributed by atoms with Crippen molar-refractivity contribution >= 4 is 11.9 Å². The average molecular weight is 189 g/mol. The van der Waals surface area contributed by atoms with E-state index in [9.17, 15) is 9.59 Å². The molecule has 0 fully saturated rings. The third-order valence-electron chi connectivity index (χ3n) is 1.60. The van der Waals surface area contributed by atoms with E-state index < -0.39 is 11.9 Å². The fraction of sp³-hybridized carbons (Fsp3) is 0.750. The summed E-state index contributed by atoms with van der Waals surface area (Å²) in [7, 11) is 1.50. The molecule has 1 amide bonds. The fourth-order valence-corrected chi connectivity index (χ4v) is 0.907. The van der Waals surface area contributed by atoms with Gasteiger partial charge in [-0.1, -0.05) is 0 Å². The highest BCUT2D eigenvalue weighted by Crippen LogP contribution is 1.98. The topological polar surface area (TPSA) is 66.8 Å². The number of carboxylic acid groups (broad SMARTS) is 1. The zero-order chi connectivity index (χ0) is 10.4. The van der Waals surface area contributed by atoms with Gasteiger partial charge in [0, 0.05) is 19.7 Å². The predicted octanol–water partition coefficient (Wildman–Crippen LogP) is -0.0456.